The van der Waals surface area contributed by atoms with Crippen LogP contribution >= 0.6 is 11.6 Å². The molecule has 10 heteroatoms. The van der Waals surface area contributed by atoms with E-state index in [-0.39, 0.29) is 29.7 Å². The topological polar surface area (TPSA) is 98.4 Å². The highest BCUT2D eigenvalue weighted by atomic mass is 35.5. The van der Waals surface area contributed by atoms with Crippen LogP contribution in [0.1, 0.15) is 23.0 Å². The Balaban J connectivity index is 1.53. The number of amides is 3. The Labute approximate surface area is 194 Å². The van der Waals surface area contributed by atoms with Gasteiger partial charge in [-0.15, -0.1) is 0 Å². The number of hydrogen-bond donors (Lipinski definition) is 2. The Morgan fingerprint density at radius 1 is 1.12 bits per heavy atom. The first kappa shape index (κ1) is 22.7. The van der Waals surface area contributed by atoms with Crippen molar-refractivity contribution in [1.82, 2.24) is 25.1 Å². The summed E-state index contributed by atoms with van der Waals surface area (Å²) in [4.78, 5) is 48.3. The largest absolute Gasteiger partial charge is 0.339 e. The molecule has 0 unspecified atom stereocenters. The fraction of sp³-hybridized carbons (Fsp3) is 0.304. The highest BCUT2D eigenvalue weighted by Crippen LogP contribution is 2.18. The van der Waals surface area contributed by atoms with Gasteiger partial charge in [0.15, 0.2) is 0 Å². The van der Waals surface area contributed by atoms with E-state index in [9.17, 15) is 18.8 Å². The van der Waals surface area contributed by atoms with Gasteiger partial charge in [-0.3, -0.25) is 14.4 Å². The van der Waals surface area contributed by atoms with Crippen LogP contribution in [0.25, 0.3) is 11.0 Å². The number of nitrogens with one attached hydrogen (secondary N) is 2. The van der Waals surface area contributed by atoms with Crippen molar-refractivity contribution in [2.24, 2.45) is 0 Å². The van der Waals surface area contributed by atoms with Gasteiger partial charge >= 0.3 is 0 Å². The first-order valence-corrected chi connectivity index (χ1v) is 10.9. The van der Waals surface area contributed by atoms with Crippen molar-refractivity contribution < 1.29 is 18.8 Å². The number of carbonyl (C=O) groups is 3. The molecular weight excluding hydrogens is 449 g/mol. The van der Waals surface area contributed by atoms with Crippen LogP contribution in [-0.2, 0) is 16.0 Å². The van der Waals surface area contributed by atoms with E-state index in [4.69, 9.17) is 11.6 Å². The van der Waals surface area contributed by atoms with Crippen LogP contribution in [-0.4, -0.2) is 69.7 Å². The minimum absolute atomic E-state index is 0.0363. The molecule has 3 amide bonds. The van der Waals surface area contributed by atoms with Crippen molar-refractivity contribution in [2.75, 3.05) is 26.2 Å². The summed E-state index contributed by atoms with van der Waals surface area (Å²) in [7, 11) is 0. The van der Waals surface area contributed by atoms with Crippen molar-refractivity contribution in [2.45, 2.75) is 19.4 Å². The third kappa shape index (κ3) is 5.31. The van der Waals surface area contributed by atoms with E-state index in [1.165, 1.54) is 25.3 Å². The molecule has 1 aromatic carbocycles. The van der Waals surface area contributed by atoms with Gasteiger partial charge in [-0.2, -0.15) is 0 Å². The summed E-state index contributed by atoms with van der Waals surface area (Å²) >= 11 is 5.97. The number of aromatic amines is 1. The number of hydrogen-bond acceptors (Lipinski definition) is 4. The number of nitrogens with zero attached hydrogens (tertiary/aromatic N) is 3. The molecule has 1 atom stereocenters. The average Bonchev–Trinajstić information content (AvgIpc) is 3.23. The molecule has 3 heterocycles. The Hall–Kier alpha value is -3.46. The number of rotatable bonds is 5. The van der Waals surface area contributed by atoms with E-state index < -0.39 is 11.9 Å². The van der Waals surface area contributed by atoms with Gasteiger partial charge in [0.2, 0.25) is 11.8 Å². The van der Waals surface area contributed by atoms with Crippen LogP contribution in [0.2, 0.25) is 5.02 Å². The van der Waals surface area contributed by atoms with Crippen molar-refractivity contribution >= 4 is 40.4 Å². The molecule has 2 N–H and O–H groups in total. The number of carbonyl (C=O) groups excluding carboxylic acids is 3. The van der Waals surface area contributed by atoms with Crippen molar-refractivity contribution in [3.63, 3.8) is 0 Å². The number of pyridine rings is 1. The molecule has 0 spiro atoms. The molecule has 172 valence electrons. The van der Waals surface area contributed by atoms with Crippen LogP contribution in [0, 0.1) is 5.82 Å². The van der Waals surface area contributed by atoms with E-state index >= 15 is 0 Å². The zero-order valence-electron chi connectivity index (χ0n) is 18.0. The summed E-state index contributed by atoms with van der Waals surface area (Å²) < 4.78 is 13.3. The quantitative estimate of drug-likeness (QED) is 0.597. The van der Waals surface area contributed by atoms with Crippen LogP contribution in [0.3, 0.4) is 0 Å². The molecule has 0 saturated carbocycles. The highest BCUT2D eigenvalue weighted by Gasteiger charge is 2.30. The molecule has 0 radical (unpaired) electrons. The number of H-pyrrole nitrogens is 1. The molecule has 0 bridgehead atoms. The van der Waals surface area contributed by atoms with Gasteiger partial charge in [-0.05, 0) is 29.8 Å². The molecule has 0 aliphatic carbocycles. The van der Waals surface area contributed by atoms with Gasteiger partial charge in [0.05, 0.1) is 5.02 Å². The Morgan fingerprint density at radius 2 is 1.79 bits per heavy atom. The zero-order chi connectivity index (χ0) is 23.5. The van der Waals surface area contributed by atoms with E-state index in [2.05, 4.69) is 15.3 Å². The van der Waals surface area contributed by atoms with Crippen molar-refractivity contribution in [3.05, 3.63) is 64.7 Å². The van der Waals surface area contributed by atoms with E-state index in [1.54, 1.807) is 34.1 Å². The fourth-order valence-corrected chi connectivity index (χ4v) is 4.03. The number of halogens is 2. The molecule has 1 aliphatic rings. The smallest absolute Gasteiger partial charge is 0.268 e. The Morgan fingerprint density at radius 3 is 2.45 bits per heavy atom. The first-order chi connectivity index (χ1) is 15.8. The number of piperazine rings is 1. The molecule has 2 aromatic heterocycles. The van der Waals surface area contributed by atoms with Gasteiger partial charge in [0.1, 0.15) is 23.2 Å². The molecule has 1 aliphatic heterocycles. The van der Waals surface area contributed by atoms with E-state index in [0.717, 1.165) is 0 Å². The van der Waals surface area contributed by atoms with Gasteiger partial charge in [0.25, 0.3) is 5.91 Å². The summed E-state index contributed by atoms with van der Waals surface area (Å²) in [5, 5.41) is 3.93. The number of fused-ring (bicyclic) bond motifs is 1. The summed E-state index contributed by atoms with van der Waals surface area (Å²) in [5.74, 6) is -1.14. The lowest BCUT2D eigenvalue weighted by atomic mass is 10.0. The zero-order valence-corrected chi connectivity index (χ0v) is 18.7. The summed E-state index contributed by atoms with van der Waals surface area (Å²) in [6.45, 7) is 3.13. The predicted molar refractivity (Wildman–Crippen MR) is 121 cm³/mol. The molecular formula is C23H23ClFN5O3. The summed E-state index contributed by atoms with van der Waals surface area (Å²) in [5.41, 5.74) is 1.46. The van der Waals surface area contributed by atoms with Gasteiger partial charge in [0, 0.05) is 51.1 Å². The third-order valence-electron chi connectivity index (χ3n) is 5.67. The Bertz CT molecular complexity index is 1190. The normalized spacial score (nSPS) is 14.9. The minimum Gasteiger partial charge on any atom is -0.339 e. The van der Waals surface area contributed by atoms with Crippen molar-refractivity contribution in [3.8, 4) is 0 Å². The summed E-state index contributed by atoms with van der Waals surface area (Å²) in [6.07, 6.45) is 1.67. The molecule has 1 fully saturated rings. The van der Waals surface area contributed by atoms with Crippen LogP contribution in [0.15, 0.2) is 42.6 Å². The maximum atomic E-state index is 13.3. The maximum absolute atomic E-state index is 13.3. The number of benzene rings is 1. The molecule has 8 nitrogen and oxygen atoms in total. The van der Waals surface area contributed by atoms with Crippen LogP contribution in [0.5, 0.6) is 0 Å². The fourth-order valence-electron chi connectivity index (χ4n) is 3.87. The maximum Gasteiger partial charge on any atom is 0.268 e. The third-order valence-corrected chi connectivity index (χ3v) is 5.88. The van der Waals surface area contributed by atoms with E-state index in [1.807, 2.05) is 0 Å². The van der Waals surface area contributed by atoms with Gasteiger partial charge in [-0.25, -0.2) is 9.37 Å². The minimum atomic E-state index is -0.866. The second-order valence-electron chi connectivity index (χ2n) is 7.96. The summed E-state index contributed by atoms with van der Waals surface area (Å²) in [6, 6.07) is 8.25. The van der Waals surface area contributed by atoms with Gasteiger partial charge in [-0.1, -0.05) is 23.7 Å². The van der Waals surface area contributed by atoms with E-state index in [0.29, 0.717) is 47.8 Å². The lowest BCUT2D eigenvalue weighted by Crippen LogP contribution is -2.56. The SMILES string of the molecule is CC(=O)N1CCN(C(=O)[C@H](Cc2ccc(F)cc2)NC(=O)c2cc3cc(Cl)cnc3[nH]2)CC1. The van der Waals surface area contributed by atoms with Gasteiger partial charge < -0.3 is 20.1 Å². The molecule has 33 heavy (non-hydrogen) atoms. The lowest BCUT2D eigenvalue weighted by molar-refractivity contribution is -0.139. The second kappa shape index (κ2) is 9.58. The Kier molecular flexibility index (Phi) is 6.60. The van der Waals surface area contributed by atoms with Crippen LogP contribution in [0.4, 0.5) is 4.39 Å². The molecule has 4 rings (SSSR count). The standard InChI is InChI=1S/C23H23ClFN5O3/c1-14(31)29-6-8-30(9-7-29)23(33)20(10-15-2-4-18(25)5-3-15)28-22(32)19-12-16-11-17(24)13-26-21(16)27-19/h2-5,11-13,20H,6-10H2,1H3,(H,26,27)(H,28,32)/t20-/m0/s1. The highest BCUT2D eigenvalue weighted by molar-refractivity contribution is 6.31. The molecule has 1 saturated heterocycles. The average molecular weight is 472 g/mol. The van der Waals surface area contributed by atoms with Crippen LogP contribution < -0.4 is 5.32 Å². The predicted octanol–water partition coefficient (Wildman–Crippen LogP) is 2.39. The molecule has 3 aromatic rings. The lowest BCUT2D eigenvalue weighted by Gasteiger charge is -2.36. The second-order valence-corrected chi connectivity index (χ2v) is 8.40. The van der Waals surface area contributed by atoms with Crippen molar-refractivity contribution in [1.29, 1.82) is 0 Å². The number of aromatic nitrogens is 2. The first-order valence-electron chi connectivity index (χ1n) is 10.5. The monoisotopic (exact) mass is 471 g/mol.